The molecule has 2 heterocycles. The van der Waals surface area contributed by atoms with Crippen molar-refractivity contribution >= 4 is 17.5 Å². The van der Waals surface area contributed by atoms with E-state index in [2.05, 4.69) is 12.2 Å². The van der Waals surface area contributed by atoms with Crippen LogP contribution in [0.5, 0.6) is 5.75 Å². The molecule has 0 unspecified atom stereocenters. The number of hydrogen-bond acceptors (Lipinski definition) is 4. The molecule has 1 aliphatic heterocycles. The summed E-state index contributed by atoms with van der Waals surface area (Å²) in [5.41, 5.74) is 3.19. The average Bonchev–Trinajstić information content (AvgIpc) is 3.28. The van der Waals surface area contributed by atoms with Crippen LogP contribution in [-0.2, 0) is 17.8 Å². The lowest BCUT2D eigenvalue weighted by Crippen LogP contribution is -2.37. The van der Waals surface area contributed by atoms with Gasteiger partial charge < -0.3 is 19.4 Å². The summed E-state index contributed by atoms with van der Waals surface area (Å²) in [6.45, 7) is 7.90. The maximum atomic E-state index is 12.7. The Labute approximate surface area is 200 Å². The number of ether oxygens (including phenoxy) is 1. The standard InChI is InChI=1S/C28H32N2O4/c1-4-5-15-33-24-11-9-20(10-12-24)27(31)29-23-8-6-7-21(16-23)26-17-22-18-30(28(32)19(2)3)14-13-25(22)34-26/h6-12,16-17,19H,4-5,13-15,18H2,1-3H3,(H,29,31). The smallest absolute Gasteiger partial charge is 0.255 e. The number of rotatable bonds is 8. The van der Waals surface area contributed by atoms with Gasteiger partial charge in [-0.1, -0.05) is 39.3 Å². The molecule has 4 rings (SSSR count). The zero-order chi connectivity index (χ0) is 24.1. The molecule has 6 nitrogen and oxygen atoms in total. The first-order valence-corrected chi connectivity index (χ1v) is 12.0. The lowest BCUT2D eigenvalue weighted by Gasteiger charge is -2.27. The predicted octanol–water partition coefficient (Wildman–Crippen LogP) is 5.92. The molecule has 0 spiro atoms. The molecule has 6 heteroatoms. The Morgan fingerprint density at radius 1 is 1.12 bits per heavy atom. The van der Waals surface area contributed by atoms with Crippen LogP contribution in [0.4, 0.5) is 5.69 Å². The highest BCUT2D eigenvalue weighted by Gasteiger charge is 2.25. The minimum atomic E-state index is -0.182. The molecule has 0 saturated heterocycles. The normalized spacial score (nSPS) is 13.0. The molecule has 178 valence electrons. The Hall–Kier alpha value is -3.54. The van der Waals surface area contributed by atoms with Gasteiger partial charge in [-0.3, -0.25) is 9.59 Å². The summed E-state index contributed by atoms with van der Waals surface area (Å²) in [6, 6.07) is 16.8. The van der Waals surface area contributed by atoms with E-state index >= 15 is 0 Å². The van der Waals surface area contributed by atoms with E-state index in [9.17, 15) is 9.59 Å². The molecule has 0 saturated carbocycles. The van der Waals surface area contributed by atoms with Gasteiger partial charge in [-0.2, -0.15) is 0 Å². The molecule has 0 bridgehead atoms. The highest BCUT2D eigenvalue weighted by Crippen LogP contribution is 2.31. The molecule has 1 aromatic heterocycles. The number of carbonyl (C=O) groups excluding carboxylic acids is 2. The van der Waals surface area contributed by atoms with E-state index in [1.807, 2.05) is 61.2 Å². The van der Waals surface area contributed by atoms with Crippen molar-refractivity contribution in [2.24, 2.45) is 5.92 Å². The van der Waals surface area contributed by atoms with Crippen LogP contribution in [-0.4, -0.2) is 29.9 Å². The number of nitrogens with one attached hydrogen (secondary N) is 1. The second-order valence-corrected chi connectivity index (χ2v) is 8.98. The van der Waals surface area contributed by atoms with E-state index in [4.69, 9.17) is 9.15 Å². The van der Waals surface area contributed by atoms with Crippen LogP contribution in [0.2, 0.25) is 0 Å². The van der Waals surface area contributed by atoms with Crippen LogP contribution in [0.3, 0.4) is 0 Å². The van der Waals surface area contributed by atoms with Gasteiger partial charge in [0.2, 0.25) is 5.91 Å². The summed E-state index contributed by atoms with van der Waals surface area (Å²) in [6.07, 6.45) is 2.80. The van der Waals surface area contributed by atoms with Crippen molar-refractivity contribution in [3.8, 4) is 17.1 Å². The van der Waals surface area contributed by atoms with E-state index in [0.717, 1.165) is 41.2 Å². The monoisotopic (exact) mass is 460 g/mol. The second-order valence-electron chi connectivity index (χ2n) is 8.98. The van der Waals surface area contributed by atoms with Gasteiger partial charge >= 0.3 is 0 Å². The van der Waals surface area contributed by atoms with E-state index in [1.165, 1.54) is 0 Å². The van der Waals surface area contributed by atoms with Crippen LogP contribution >= 0.6 is 0 Å². The predicted molar refractivity (Wildman–Crippen MR) is 133 cm³/mol. The highest BCUT2D eigenvalue weighted by molar-refractivity contribution is 6.04. The first-order chi connectivity index (χ1) is 16.4. The van der Waals surface area contributed by atoms with E-state index in [0.29, 0.717) is 37.4 Å². The number of carbonyl (C=O) groups is 2. The molecule has 1 N–H and O–H groups in total. The Morgan fingerprint density at radius 2 is 1.91 bits per heavy atom. The first kappa shape index (κ1) is 23.6. The maximum absolute atomic E-state index is 12.7. The Balaban J connectivity index is 1.43. The molecule has 0 fully saturated rings. The lowest BCUT2D eigenvalue weighted by atomic mass is 10.1. The maximum Gasteiger partial charge on any atom is 0.255 e. The van der Waals surface area contributed by atoms with E-state index in [-0.39, 0.29) is 17.7 Å². The van der Waals surface area contributed by atoms with Crippen molar-refractivity contribution in [3.05, 3.63) is 71.5 Å². The summed E-state index contributed by atoms with van der Waals surface area (Å²) in [7, 11) is 0. The molecule has 1 aliphatic rings. The molecule has 0 radical (unpaired) electrons. The fraction of sp³-hybridized carbons (Fsp3) is 0.357. The Bertz CT molecular complexity index is 1150. The number of anilines is 1. The zero-order valence-electron chi connectivity index (χ0n) is 20.1. The number of nitrogens with zero attached hydrogens (tertiary/aromatic N) is 1. The number of benzene rings is 2. The van der Waals surface area contributed by atoms with Gasteiger partial charge in [0.15, 0.2) is 0 Å². The summed E-state index contributed by atoms with van der Waals surface area (Å²) in [5.74, 6) is 2.41. The minimum absolute atomic E-state index is 0.0157. The van der Waals surface area contributed by atoms with E-state index in [1.54, 1.807) is 12.1 Å². The largest absolute Gasteiger partial charge is 0.494 e. The third-order valence-electron chi connectivity index (χ3n) is 5.96. The third kappa shape index (κ3) is 5.50. The van der Waals surface area contributed by atoms with E-state index < -0.39 is 0 Å². The van der Waals surface area contributed by atoms with Crippen LogP contribution in [0.1, 0.15) is 55.3 Å². The van der Waals surface area contributed by atoms with Gasteiger partial charge in [0.05, 0.1) is 6.61 Å². The molecular formula is C28H32N2O4. The first-order valence-electron chi connectivity index (χ1n) is 12.0. The highest BCUT2D eigenvalue weighted by atomic mass is 16.5. The molecular weight excluding hydrogens is 428 g/mol. The summed E-state index contributed by atoms with van der Waals surface area (Å²) >= 11 is 0. The van der Waals surface area contributed by atoms with Gasteiger partial charge in [-0.25, -0.2) is 0 Å². The van der Waals surface area contributed by atoms with Gasteiger partial charge in [-0.05, 0) is 48.9 Å². The van der Waals surface area contributed by atoms with Crippen molar-refractivity contribution in [2.75, 3.05) is 18.5 Å². The fourth-order valence-electron chi connectivity index (χ4n) is 4.02. The summed E-state index contributed by atoms with van der Waals surface area (Å²) in [4.78, 5) is 27.0. The molecule has 3 aromatic rings. The zero-order valence-corrected chi connectivity index (χ0v) is 20.1. The fourth-order valence-corrected chi connectivity index (χ4v) is 4.02. The van der Waals surface area contributed by atoms with Gasteiger partial charge in [-0.15, -0.1) is 0 Å². The average molecular weight is 461 g/mol. The van der Waals surface area contributed by atoms with Crippen molar-refractivity contribution in [2.45, 2.75) is 46.6 Å². The number of amides is 2. The lowest BCUT2D eigenvalue weighted by molar-refractivity contribution is -0.135. The second kappa shape index (κ2) is 10.6. The molecule has 34 heavy (non-hydrogen) atoms. The Kier molecular flexibility index (Phi) is 7.36. The van der Waals surface area contributed by atoms with Crippen molar-refractivity contribution in [1.82, 2.24) is 4.90 Å². The van der Waals surface area contributed by atoms with Crippen LogP contribution in [0.25, 0.3) is 11.3 Å². The third-order valence-corrected chi connectivity index (χ3v) is 5.96. The number of fused-ring (bicyclic) bond motifs is 1. The SMILES string of the molecule is CCCCOc1ccc(C(=O)Nc2cccc(-c3cc4c(o3)CCN(C(=O)C(C)C)C4)c2)cc1. The topological polar surface area (TPSA) is 71.8 Å². The summed E-state index contributed by atoms with van der Waals surface area (Å²) in [5, 5.41) is 2.96. The van der Waals surface area contributed by atoms with Gasteiger partial charge in [0, 0.05) is 47.8 Å². The van der Waals surface area contributed by atoms with Crippen molar-refractivity contribution < 1.29 is 18.7 Å². The van der Waals surface area contributed by atoms with Crippen molar-refractivity contribution in [1.29, 1.82) is 0 Å². The number of furan rings is 1. The van der Waals surface area contributed by atoms with Crippen molar-refractivity contribution in [3.63, 3.8) is 0 Å². The number of unbranched alkanes of at least 4 members (excludes halogenated alkanes) is 1. The van der Waals surface area contributed by atoms with Crippen LogP contribution in [0, 0.1) is 5.92 Å². The quantitative estimate of drug-likeness (QED) is 0.424. The molecule has 2 amide bonds. The van der Waals surface area contributed by atoms with Gasteiger partial charge in [0.25, 0.3) is 5.91 Å². The molecule has 0 atom stereocenters. The van der Waals surface area contributed by atoms with Crippen LogP contribution < -0.4 is 10.1 Å². The van der Waals surface area contributed by atoms with Crippen LogP contribution in [0.15, 0.2) is 59.0 Å². The number of hydrogen-bond donors (Lipinski definition) is 1. The molecule has 2 aromatic carbocycles. The van der Waals surface area contributed by atoms with Gasteiger partial charge in [0.1, 0.15) is 17.3 Å². The molecule has 0 aliphatic carbocycles. The minimum Gasteiger partial charge on any atom is -0.494 e. The summed E-state index contributed by atoms with van der Waals surface area (Å²) < 4.78 is 11.8. The Morgan fingerprint density at radius 3 is 2.65 bits per heavy atom.